The number of nitrogens with zero attached hydrogens (tertiary/aromatic N) is 5. The molecule has 8 nitrogen and oxygen atoms in total. The Morgan fingerprint density at radius 3 is 2.62 bits per heavy atom. The van der Waals surface area contributed by atoms with Crippen LogP contribution in [0.1, 0.15) is 37.6 Å². The van der Waals surface area contributed by atoms with Crippen LogP contribution >= 0.6 is 0 Å². The summed E-state index contributed by atoms with van der Waals surface area (Å²) in [6.07, 6.45) is -1.43. The maximum atomic E-state index is 15.7. The van der Waals surface area contributed by atoms with Crippen molar-refractivity contribution >= 4 is 22.7 Å². The van der Waals surface area contributed by atoms with Crippen molar-refractivity contribution < 1.29 is 17.6 Å². The minimum absolute atomic E-state index is 0.0498. The summed E-state index contributed by atoms with van der Waals surface area (Å²) in [5.41, 5.74) is 0.944. The molecule has 0 bridgehead atoms. The first-order valence-electron chi connectivity index (χ1n) is 11.7. The van der Waals surface area contributed by atoms with E-state index in [1.807, 2.05) is 18.2 Å². The van der Waals surface area contributed by atoms with Gasteiger partial charge in [0.25, 0.3) is 5.56 Å². The molecule has 0 saturated carbocycles. The molecule has 0 atom stereocenters. The first-order valence-corrected chi connectivity index (χ1v) is 11.7. The van der Waals surface area contributed by atoms with Gasteiger partial charge in [-0.15, -0.1) is 0 Å². The third-order valence-corrected chi connectivity index (χ3v) is 6.16. The molecule has 1 aromatic carbocycles. The molecule has 3 aromatic heterocycles. The zero-order valence-electron chi connectivity index (χ0n) is 20.4. The van der Waals surface area contributed by atoms with Gasteiger partial charge in [0.1, 0.15) is 17.6 Å². The van der Waals surface area contributed by atoms with E-state index in [-0.39, 0.29) is 28.4 Å². The Labute approximate surface area is 209 Å². The molecule has 0 radical (unpaired) electrons. The smallest absolute Gasteiger partial charge is 0.324 e. The molecule has 0 amide bonds. The molecule has 0 aliphatic carbocycles. The summed E-state index contributed by atoms with van der Waals surface area (Å²) in [6.45, 7) is 5.19. The molecule has 194 valence electrons. The number of benzene rings is 1. The van der Waals surface area contributed by atoms with Gasteiger partial charge in [0.05, 0.1) is 5.69 Å². The second kappa shape index (κ2) is 8.94. The fraction of sp³-hybridized carbons (Fsp3) is 0.360. The number of alkyl halides is 3. The van der Waals surface area contributed by atoms with E-state index in [1.54, 1.807) is 20.8 Å². The van der Waals surface area contributed by atoms with Crippen molar-refractivity contribution in [3.63, 3.8) is 0 Å². The molecule has 1 aliphatic heterocycles. The Morgan fingerprint density at radius 2 is 1.89 bits per heavy atom. The van der Waals surface area contributed by atoms with E-state index in [0.717, 1.165) is 36.0 Å². The summed E-state index contributed by atoms with van der Waals surface area (Å²) in [4.78, 5) is 25.6. The molecule has 0 unspecified atom stereocenters. The maximum absolute atomic E-state index is 15.7. The average molecular weight is 516 g/mol. The number of pyridine rings is 1. The van der Waals surface area contributed by atoms with Crippen LogP contribution in [0.3, 0.4) is 0 Å². The topological polar surface area (TPSA) is 89.7 Å². The lowest BCUT2D eigenvalue weighted by Crippen LogP contribution is -2.31. The van der Waals surface area contributed by atoms with Crippen molar-refractivity contribution in [2.75, 3.05) is 11.9 Å². The van der Waals surface area contributed by atoms with E-state index in [9.17, 15) is 18.0 Å². The van der Waals surface area contributed by atoms with Crippen molar-refractivity contribution in [1.82, 2.24) is 29.6 Å². The van der Waals surface area contributed by atoms with Crippen LogP contribution in [0.4, 0.5) is 29.2 Å². The molecular weight excluding hydrogens is 490 g/mol. The summed E-state index contributed by atoms with van der Waals surface area (Å²) in [6, 6.07) is 7.00. The van der Waals surface area contributed by atoms with Crippen LogP contribution < -0.4 is 16.2 Å². The molecule has 4 aromatic rings. The van der Waals surface area contributed by atoms with Crippen molar-refractivity contribution in [2.45, 2.75) is 51.9 Å². The Bertz CT molecular complexity index is 1550. The summed E-state index contributed by atoms with van der Waals surface area (Å²) >= 11 is 0. The van der Waals surface area contributed by atoms with Crippen molar-refractivity contribution in [2.24, 2.45) is 0 Å². The second-order valence-electron chi connectivity index (χ2n) is 10.00. The zero-order chi connectivity index (χ0) is 26.5. The number of rotatable bonds is 4. The SMILES string of the molecule is CC(C)(C)c1nccc(-n2c3nc(Nc4ccc5c(c4)CCNC5)ncc3c(=O)n2CC(F)(F)F)c1F. The number of hydrogen-bond donors (Lipinski definition) is 2. The largest absolute Gasteiger partial charge is 0.408 e. The number of hydrogen-bond acceptors (Lipinski definition) is 6. The van der Waals surface area contributed by atoms with Gasteiger partial charge in [-0.1, -0.05) is 26.8 Å². The van der Waals surface area contributed by atoms with Crippen LogP contribution in [0, 0.1) is 5.82 Å². The van der Waals surface area contributed by atoms with E-state index in [0.29, 0.717) is 10.4 Å². The van der Waals surface area contributed by atoms with E-state index < -0.39 is 29.5 Å². The highest BCUT2D eigenvalue weighted by atomic mass is 19.4. The maximum Gasteiger partial charge on any atom is 0.408 e. The monoisotopic (exact) mass is 515 g/mol. The molecule has 2 N–H and O–H groups in total. The van der Waals surface area contributed by atoms with Gasteiger partial charge in [0.15, 0.2) is 11.5 Å². The number of aromatic nitrogens is 5. The lowest BCUT2D eigenvalue weighted by Gasteiger charge is -2.21. The summed E-state index contributed by atoms with van der Waals surface area (Å²) in [7, 11) is 0. The van der Waals surface area contributed by atoms with Crippen molar-refractivity contribution in [3.8, 4) is 5.69 Å². The highest BCUT2D eigenvalue weighted by Crippen LogP contribution is 2.29. The van der Waals surface area contributed by atoms with Crippen LogP contribution in [0.5, 0.6) is 0 Å². The second-order valence-corrected chi connectivity index (χ2v) is 10.00. The third kappa shape index (κ3) is 4.80. The summed E-state index contributed by atoms with van der Waals surface area (Å²) < 4.78 is 57.4. The van der Waals surface area contributed by atoms with Gasteiger partial charge in [-0.05, 0) is 42.3 Å². The molecule has 12 heteroatoms. The first kappa shape index (κ1) is 24.9. The minimum atomic E-state index is -4.74. The molecule has 5 rings (SSSR count). The van der Waals surface area contributed by atoms with Crippen molar-refractivity contribution in [3.05, 3.63) is 69.7 Å². The standard InChI is InChI=1S/C25H25F4N7O/c1-24(2,3)20-19(26)18(7-9-31-20)36-21-17(22(37)35(36)13-25(27,28)29)12-32-23(34-21)33-16-5-4-15-11-30-8-6-14(15)10-16/h4-5,7,9-10,12,30H,6,8,11,13H2,1-3H3,(H,32,33,34). The predicted octanol–water partition coefficient (Wildman–Crippen LogP) is 4.37. The number of halogens is 4. The first-order chi connectivity index (χ1) is 17.4. The van der Waals surface area contributed by atoms with Crippen LogP contribution in [-0.2, 0) is 24.9 Å². The molecular formula is C25H25F4N7O. The van der Waals surface area contributed by atoms with Crippen LogP contribution in [0.2, 0.25) is 0 Å². The molecule has 1 aliphatic rings. The Hall–Kier alpha value is -3.80. The highest BCUT2D eigenvalue weighted by Gasteiger charge is 2.33. The highest BCUT2D eigenvalue weighted by molar-refractivity contribution is 5.77. The van der Waals surface area contributed by atoms with Crippen LogP contribution in [0.25, 0.3) is 16.7 Å². The van der Waals surface area contributed by atoms with Crippen LogP contribution in [-0.4, -0.2) is 37.0 Å². The number of nitrogens with one attached hydrogen (secondary N) is 2. The number of anilines is 2. The molecule has 0 saturated heterocycles. The van der Waals surface area contributed by atoms with Gasteiger partial charge in [-0.3, -0.25) is 9.78 Å². The Kier molecular flexibility index (Phi) is 6.01. The lowest BCUT2D eigenvalue weighted by atomic mass is 9.91. The molecule has 0 spiro atoms. The third-order valence-electron chi connectivity index (χ3n) is 6.16. The Balaban J connectivity index is 1.67. The zero-order valence-corrected chi connectivity index (χ0v) is 20.4. The normalized spacial score (nSPS) is 14.1. The van der Waals surface area contributed by atoms with Gasteiger partial charge < -0.3 is 10.6 Å². The quantitative estimate of drug-likeness (QED) is 0.393. The van der Waals surface area contributed by atoms with E-state index in [4.69, 9.17) is 0 Å². The fourth-order valence-electron chi connectivity index (χ4n) is 4.45. The summed E-state index contributed by atoms with van der Waals surface area (Å²) in [5, 5.41) is 6.19. The summed E-state index contributed by atoms with van der Waals surface area (Å²) in [5.74, 6) is -0.774. The van der Waals surface area contributed by atoms with Gasteiger partial charge in [0.2, 0.25) is 5.95 Å². The van der Waals surface area contributed by atoms with E-state index in [2.05, 4.69) is 25.6 Å². The lowest BCUT2D eigenvalue weighted by molar-refractivity contribution is -0.144. The van der Waals surface area contributed by atoms with Crippen molar-refractivity contribution in [1.29, 1.82) is 0 Å². The van der Waals surface area contributed by atoms with Gasteiger partial charge in [-0.2, -0.15) is 18.2 Å². The van der Waals surface area contributed by atoms with Gasteiger partial charge >= 0.3 is 6.18 Å². The molecule has 0 fully saturated rings. The van der Waals surface area contributed by atoms with Gasteiger partial charge in [0, 0.05) is 30.0 Å². The van der Waals surface area contributed by atoms with E-state index >= 15 is 4.39 Å². The predicted molar refractivity (Wildman–Crippen MR) is 131 cm³/mol. The minimum Gasteiger partial charge on any atom is -0.324 e. The molecule has 37 heavy (non-hydrogen) atoms. The molecule has 4 heterocycles. The Morgan fingerprint density at radius 1 is 1.11 bits per heavy atom. The van der Waals surface area contributed by atoms with Gasteiger partial charge in [-0.25, -0.2) is 18.7 Å². The van der Waals surface area contributed by atoms with E-state index in [1.165, 1.54) is 17.8 Å². The number of fused-ring (bicyclic) bond motifs is 2. The average Bonchev–Trinajstić information content (AvgIpc) is 3.08. The fourth-order valence-corrected chi connectivity index (χ4v) is 4.45. The van der Waals surface area contributed by atoms with Crippen LogP contribution in [0.15, 0.2) is 41.5 Å².